The van der Waals surface area contributed by atoms with E-state index >= 15 is 0 Å². The molecule has 0 heterocycles. The van der Waals surface area contributed by atoms with Gasteiger partial charge in [0.1, 0.15) is 6.29 Å². The zero-order valence-electron chi connectivity index (χ0n) is 10.1. The van der Waals surface area contributed by atoms with Crippen LogP contribution in [0.15, 0.2) is 54.6 Å². The molecule has 2 aromatic carbocycles. The predicted molar refractivity (Wildman–Crippen MR) is 71.1 cm³/mol. The van der Waals surface area contributed by atoms with Crippen molar-refractivity contribution < 1.29 is 14.7 Å². The third kappa shape index (κ3) is 3.16. The summed E-state index contributed by atoms with van der Waals surface area (Å²) >= 11 is 0. The van der Waals surface area contributed by atoms with Crippen LogP contribution < -0.4 is 5.11 Å². The van der Waals surface area contributed by atoms with E-state index in [4.69, 9.17) is 0 Å². The number of carboxylic acids is 1. The Morgan fingerprint density at radius 3 is 2.05 bits per heavy atom. The average molecular weight is 251 g/mol. The molecule has 0 bridgehead atoms. The van der Waals surface area contributed by atoms with Crippen LogP contribution in [0.5, 0.6) is 0 Å². The van der Waals surface area contributed by atoms with E-state index < -0.39 is 5.97 Å². The van der Waals surface area contributed by atoms with Gasteiger partial charge in [-0.1, -0.05) is 54.6 Å². The molecule has 19 heavy (non-hydrogen) atoms. The van der Waals surface area contributed by atoms with Crippen LogP contribution >= 0.6 is 0 Å². The Bertz CT molecular complexity index is 610. The van der Waals surface area contributed by atoms with Crippen molar-refractivity contribution in [2.45, 2.75) is 0 Å². The molecule has 0 aliphatic heterocycles. The minimum atomic E-state index is -1.25. The predicted octanol–water partition coefficient (Wildman–Crippen LogP) is 1.79. The van der Waals surface area contributed by atoms with Gasteiger partial charge in [0.2, 0.25) is 0 Å². The molecule has 0 aliphatic carbocycles. The van der Waals surface area contributed by atoms with Gasteiger partial charge >= 0.3 is 0 Å². The van der Waals surface area contributed by atoms with Crippen molar-refractivity contribution in [3.63, 3.8) is 0 Å². The normalized spacial score (nSPS) is 11.1. The van der Waals surface area contributed by atoms with Gasteiger partial charge in [0.15, 0.2) is 0 Å². The fraction of sp³-hybridized carbons (Fsp3) is 0. The lowest BCUT2D eigenvalue weighted by molar-refractivity contribution is -0.295. The molecule has 0 spiro atoms. The molecule has 0 saturated carbocycles. The molecule has 0 saturated heterocycles. The second-order valence-corrected chi connectivity index (χ2v) is 4.00. The third-order valence-corrected chi connectivity index (χ3v) is 2.69. The van der Waals surface area contributed by atoms with Gasteiger partial charge in [0.25, 0.3) is 0 Å². The lowest BCUT2D eigenvalue weighted by Gasteiger charge is -2.09. The number of carboxylic acid groups (broad SMARTS) is 1. The minimum absolute atomic E-state index is 0.0867. The van der Waals surface area contributed by atoms with Crippen molar-refractivity contribution in [3.05, 3.63) is 71.3 Å². The summed E-state index contributed by atoms with van der Waals surface area (Å²) in [4.78, 5) is 21.8. The van der Waals surface area contributed by atoms with E-state index in [1.807, 2.05) is 30.3 Å². The molecule has 94 valence electrons. The molecule has 0 radical (unpaired) electrons. The summed E-state index contributed by atoms with van der Waals surface area (Å²) < 4.78 is 0. The van der Waals surface area contributed by atoms with E-state index in [1.165, 1.54) is 0 Å². The third-order valence-electron chi connectivity index (χ3n) is 2.69. The van der Waals surface area contributed by atoms with Crippen molar-refractivity contribution in [2.75, 3.05) is 0 Å². The molecule has 2 rings (SSSR count). The molecule has 0 atom stereocenters. The number of hydrogen-bond acceptors (Lipinski definition) is 3. The van der Waals surface area contributed by atoms with Crippen LogP contribution in [0.4, 0.5) is 0 Å². The van der Waals surface area contributed by atoms with E-state index in [2.05, 4.69) is 0 Å². The maximum absolute atomic E-state index is 11.2. The summed E-state index contributed by atoms with van der Waals surface area (Å²) in [6, 6.07) is 15.5. The molecular formula is C16H11O3-. The van der Waals surface area contributed by atoms with E-state index in [-0.39, 0.29) is 5.57 Å². The maximum Gasteiger partial charge on any atom is 0.150 e. The Kier molecular flexibility index (Phi) is 3.88. The lowest BCUT2D eigenvalue weighted by atomic mass is 10.0. The fourth-order valence-electron chi connectivity index (χ4n) is 1.72. The summed E-state index contributed by atoms with van der Waals surface area (Å²) in [5.41, 5.74) is 1.88. The zero-order chi connectivity index (χ0) is 13.7. The Labute approximate surface area is 110 Å². The molecule has 0 aromatic heterocycles. The highest BCUT2D eigenvalue weighted by Crippen LogP contribution is 2.18. The summed E-state index contributed by atoms with van der Waals surface area (Å²) in [5.74, 6) is -1.25. The number of rotatable bonds is 4. The molecule has 2 aromatic rings. The maximum atomic E-state index is 11.2. The van der Waals surface area contributed by atoms with E-state index in [0.717, 1.165) is 5.56 Å². The number of aliphatic carboxylic acids is 1. The first-order valence-electron chi connectivity index (χ1n) is 5.74. The average Bonchev–Trinajstić information content (AvgIpc) is 2.46. The molecule has 0 fully saturated rings. The number of hydrogen-bond donors (Lipinski definition) is 0. The molecule has 0 aliphatic rings. The molecule has 3 heteroatoms. The number of carbonyl (C=O) groups is 2. The van der Waals surface area contributed by atoms with Crippen LogP contribution in [-0.2, 0) is 4.79 Å². The van der Waals surface area contributed by atoms with Crippen LogP contribution in [0.3, 0.4) is 0 Å². The molecule has 0 N–H and O–H groups in total. The standard InChI is InChI=1S/C16H12O3/c17-11-13-6-8-14(9-7-13)15(16(18)19)10-12-4-2-1-3-5-12/h1-11H,(H,18,19)/p-1/b15-10-. The minimum Gasteiger partial charge on any atom is -0.545 e. The number of carbonyl (C=O) groups excluding carboxylic acids is 2. The Morgan fingerprint density at radius 2 is 1.53 bits per heavy atom. The van der Waals surface area contributed by atoms with Gasteiger partial charge in [0.05, 0.1) is 5.97 Å². The number of benzene rings is 2. The van der Waals surface area contributed by atoms with Crippen molar-refractivity contribution in [2.24, 2.45) is 0 Å². The summed E-state index contributed by atoms with van der Waals surface area (Å²) in [7, 11) is 0. The second kappa shape index (κ2) is 5.78. The Balaban J connectivity index is 2.42. The summed E-state index contributed by atoms with van der Waals surface area (Å²) in [6.07, 6.45) is 2.26. The van der Waals surface area contributed by atoms with Gasteiger partial charge in [0, 0.05) is 11.1 Å². The summed E-state index contributed by atoms with van der Waals surface area (Å²) in [6.45, 7) is 0. The van der Waals surface area contributed by atoms with Crippen LogP contribution in [0.2, 0.25) is 0 Å². The largest absolute Gasteiger partial charge is 0.545 e. The van der Waals surface area contributed by atoms with Crippen LogP contribution in [0.25, 0.3) is 11.6 Å². The van der Waals surface area contributed by atoms with E-state index in [0.29, 0.717) is 17.4 Å². The molecule has 0 amide bonds. The van der Waals surface area contributed by atoms with Crippen LogP contribution in [0, 0.1) is 0 Å². The zero-order valence-corrected chi connectivity index (χ0v) is 10.1. The van der Waals surface area contributed by atoms with Crippen LogP contribution in [-0.4, -0.2) is 12.3 Å². The first-order chi connectivity index (χ1) is 9.20. The van der Waals surface area contributed by atoms with Crippen molar-refractivity contribution >= 4 is 23.9 Å². The van der Waals surface area contributed by atoms with Gasteiger partial charge < -0.3 is 9.90 Å². The first kappa shape index (κ1) is 12.8. The highest BCUT2D eigenvalue weighted by Gasteiger charge is 2.03. The van der Waals surface area contributed by atoms with Gasteiger partial charge in [-0.3, -0.25) is 4.79 Å². The lowest BCUT2D eigenvalue weighted by Crippen LogP contribution is -2.23. The van der Waals surface area contributed by atoms with Gasteiger partial charge in [-0.2, -0.15) is 0 Å². The fourth-order valence-corrected chi connectivity index (χ4v) is 1.72. The van der Waals surface area contributed by atoms with Gasteiger partial charge in [-0.05, 0) is 17.2 Å². The molecular weight excluding hydrogens is 240 g/mol. The van der Waals surface area contributed by atoms with Crippen LogP contribution in [0.1, 0.15) is 21.5 Å². The van der Waals surface area contributed by atoms with E-state index in [1.54, 1.807) is 30.3 Å². The smallest absolute Gasteiger partial charge is 0.150 e. The molecule has 3 nitrogen and oxygen atoms in total. The monoisotopic (exact) mass is 251 g/mol. The molecule has 0 unspecified atom stereocenters. The second-order valence-electron chi connectivity index (χ2n) is 4.00. The van der Waals surface area contributed by atoms with Gasteiger partial charge in [-0.15, -0.1) is 0 Å². The van der Waals surface area contributed by atoms with E-state index in [9.17, 15) is 14.7 Å². The Morgan fingerprint density at radius 1 is 0.895 bits per heavy atom. The highest BCUT2D eigenvalue weighted by atomic mass is 16.4. The quantitative estimate of drug-likeness (QED) is 0.473. The SMILES string of the molecule is O=Cc1ccc(/C(=C/c2ccccc2)C(=O)[O-])cc1. The van der Waals surface area contributed by atoms with Crippen molar-refractivity contribution in [3.8, 4) is 0 Å². The Hall–Kier alpha value is -2.68. The van der Waals surface area contributed by atoms with Gasteiger partial charge in [-0.25, -0.2) is 0 Å². The number of aldehydes is 1. The topological polar surface area (TPSA) is 57.2 Å². The first-order valence-corrected chi connectivity index (χ1v) is 5.74. The highest BCUT2D eigenvalue weighted by molar-refractivity contribution is 6.19. The summed E-state index contributed by atoms with van der Waals surface area (Å²) in [5, 5.41) is 11.2. The van der Waals surface area contributed by atoms with Crippen molar-refractivity contribution in [1.82, 2.24) is 0 Å². The van der Waals surface area contributed by atoms with Crippen molar-refractivity contribution in [1.29, 1.82) is 0 Å².